The molecule has 1 aromatic heterocycles. The van der Waals surface area contributed by atoms with Crippen molar-refractivity contribution >= 4 is 27.3 Å². The zero-order valence-electron chi connectivity index (χ0n) is 8.09. The van der Waals surface area contributed by atoms with Crippen molar-refractivity contribution in [3.8, 4) is 0 Å². The molecule has 1 aromatic rings. The lowest BCUT2D eigenvalue weighted by molar-refractivity contribution is 0.137. The van der Waals surface area contributed by atoms with Gasteiger partial charge < -0.3 is 4.74 Å². The fourth-order valence-corrected chi connectivity index (χ4v) is 3.00. The molecule has 0 fully saturated rings. The minimum Gasteiger partial charge on any atom is -0.373 e. The number of hydrogen-bond donors (Lipinski definition) is 0. The Morgan fingerprint density at radius 3 is 3.00 bits per heavy atom. The standard InChI is InChI=1S/C10H14BrNOS/c11-5-6-13-7-10-12-8-3-1-2-4-9(8)14-10/h1-7H2. The Morgan fingerprint density at radius 2 is 2.21 bits per heavy atom. The zero-order valence-corrected chi connectivity index (χ0v) is 10.5. The maximum absolute atomic E-state index is 5.45. The summed E-state index contributed by atoms with van der Waals surface area (Å²) in [5.74, 6) is 0. The van der Waals surface area contributed by atoms with Crippen LogP contribution in [0.3, 0.4) is 0 Å². The molecule has 0 aromatic carbocycles. The van der Waals surface area contributed by atoms with Gasteiger partial charge in [-0.1, -0.05) is 15.9 Å². The van der Waals surface area contributed by atoms with E-state index in [1.54, 1.807) is 0 Å². The van der Waals surface area contributed by atoms with Crippen LogP contribution in [0.5, 0.6) is 0 Å². The van der Waals surface area contributed by atoms with Gasteiger partial charge in [0.05, 0.1) is 18.9 Å². The summed E-state index contributed by atoms with van der Waals surface area (Å²) in [6.07, 6.45) is 5.03. The van der Waals surface area contributed by atoms with Crippen molar-refractivity contribution in [2.24, 2.45) is 0 Å². The number of nitrogens with zero attached hydrogens (tertiary/aromatic N) is 1. The molecule has 14 heavy (non-hydrogen) atoms. The third-order valence-corrected chi connectivity index (χ3v) is 3.79. The average molecular weight is 276 g/mol. The van der Waals surface area contributed by atoms with Crippen molar-refractivity contribution in [3.63, 3.8) is 0 Å². The van der Waals surface area contributed by atoms with Crippen LogP contribution >= 0.6 is 27.3 Å². The van der Waals surface area contributed by atoms with E-state index in [4.69, 9.17) is 4.74 Å². The first-order chi connectivity index (χ1) is 6.90. The van der Waals surface area contributed by atoms with Gasteiger partial charge in [-0.15, -0.1) is 11.3 Å². The fourth-order valence-electron chi connectivity index (χ4n) is 1.68. The van der Waals surface area contributed by atoms with E-state index < -0.39 is 0 Å². The highest BCUT2D eigenvalue weighted by Crippen LogP contribution is 2.26. The van der Waals surface area contributed by atoms with E-state index in [-0.39, 0.29) is 0 Å². The first kappa shape index (κ1) is 10.6. The molecule has 0 amide bonds. The molecule has 1 heterocycles. The number of halogens is 1. The SMILES string of the molecule is BrCCOCc1nc2c(s1)CCCC2. The second kappa shape index (κ2) is 5.24. The van der Waals surface area contributed by atoms with Crippen molar-refractivity contribution in [2.75, 3.05) is 11.9 Å². The second-order valence-corrected chi connectivity index (χ2v) is 5.39. The molecular weight excluding hydrogens is 262 g/mol. The molecule has 2 rings (SSSR count). The highest BCUT2D eigenvalue weighted by atomic mass is 79.9. The first-order valence-corrected chi connectivity index (χ1v) is 6.95. The van der Waals surface area contributed by atoms with Crippen molar-refractivity contribution < 1.29 is 4.74 Å². The zero-order chi connectivity index (χ0) is 9.80. The van der Waals surface area contributed by atoms with Crippen LogP contribution in [0, 0.1) is 0 Å². The van der Waals surface area contributed by atoms with Gasteiger partial charge in [0, 0.05) is 10.2 Å². The highest BCUT2D eigenvalue weighted by Gasteiger charge is 2.14. The van der Waals surface area contributed by atoms with E-state index in [1.165, 1.54) is 36.3 Å². The van der Waals surface area contributed by atoms with Crippen molar-refractivity contribution in [2.45, 2.75) is 32.3 Å². The number of aryl methyl sites for hydroxylation is 2. The van der Waals surface area contributed by atoms with Crippen molar-refractivity contribution in [1.29, 1.82) is 0 Å². The first-order valence-electron chi connectivity index (χ1n) is 5.01. The fraction of sp³-hybridized carbons (Fsp3) is 0.700. The van der Waals surface area contributed by atoms with Gasteiger partial charge in [-0.05, 0) is 25.7 Å². The number of alkyl halides is 1. The lowest BCUT2D eigenvalue weighted by Gasteiger charge is -2.06. The van der Waals surface area contributed by atoms with E-state index in [2.05, 4.69) is 20.9 Å². The van der Waals surface area contributed by atoms with Gasteiger partial charge in [0.25, 0.3) is 0 Å². The summed E-state index contributed by atoms with van der Waals surface area (Å²) in [6, 6.07) is 0. The van der Waals surface area contributed by atoms with Crippen LogP contribution in [0.4, 0.5) is 0 Å². The summed E-state index contributed by atoms with van der Waals surface area (Å²) < 4.78 is 5.45. The largest absolute Gasteiger partial charge is 0.373 e. The van der Waals surface area contributed by atoms with Crippen LogP contribution in [0.2, 0.25) is 0 Å². The predicted molar refractivity (Wildman–Crippen MR) is 62.2 cm³/mol. The number of fused-ring (bicyclic) bond motifs is 1. The monoisotopic (exact) mass is 275 g/mol. The molecule has 78 valence electrons. The molecule has 0 aliphatic heterocycles. The number of rotatable bonds is 4. The molecule has 0 unspecified atom stereocenters. The Bertz CT molecular complexity index is 277. The quantitative estimate of drug-likeness (QED) is 0.623. The second-order valence-electron chi connectivity index (χ2n) is 3.43. The van der Waals surface area contributed by atoms with Gasteiger partial charge >= 0.3 is 0 Å². The average Bonchev–Trinajstić information content (AvgIpc) is 2.60. The third kappa shape index (κ3) is 2.55. The summed E-state index contributed by atoms with van der Waals surface area (Å²) >= 11 is 5.17. The molecule has 1 aliphatic carbocycles. The molecule has 0 N–H and O–H groups in total. The molecule has 0 spiro atoms. The van der Waals surface area contributed by atoms with Gasteiger partial charge in [-0.25, -0.2) is 4.98 Å². The molecule has 0 radical (unpaired) electrons. The van der Waals surface area contributed by atoms with Crippen molar-refractivity contribution in [3.05, 3.63) is 15.6 Å². The lowest BCUT2D eigenvalue weighted by Crippen LogP contribution is -1.99. The van der Waals surface area contributed by atoms with E-state index >= 15 is 0 Å². The molecule has 1 aliphatic rings. The predicted octanol–water partition coefficient (Wildman–Crippen LogP) is 2.93. The molecule has 2 nitrogen and oxygen atoms in total. The maximum Gasteiger partial charge on any atom is 0.119 e. The van der Waals surface area contributed by atoms with E-state index in [1.807, 2.05) is 11.3 Å². The van der Waals surface area contributed by atoms with Crippen LogP contribution in [0.25, 0.3) is 0 Å². The molecular formula is C10H14BrNOS. The smallest absolute Gasteiger partial charge is 0.119 e. The van der Waals surface area contributed by atoms with Crippen LogP contribution in [0.15, 0.2) is 0 Å². The van der Waals surface area contributed by atoms with Gasteiger partial charge in [0.1, 0.15) is 5.01 Å². The van der Waals surface area contributed by atoms with Gasteiger partial charge in [0.2, 0.25) is 0 Å². The minimum absolute atomic E-state index is 0.684. The Balaban J connectivity index is 1.94. The summed E-state index contributed by atoms with van der Waals surface area (Å²) in [5.41, 5.74) is 1.33. The van der Waals surface area contributed by atoms with Gasteiger partial charge in [-0.2, -0.15) is 0 Å². The molecule has 0 saturated heterocycles. The summed E-state index contributed by atoms with van der Waals surface area (Å²) in [6.45, 7) is 1.45. The summed E-state index contributed by atoms with van der Waals surface area (Å²) in [4.78, 5) is 6.09. The number of thiazole rings is 1. The molecule has 0 bridgehead atoms. The summed E-state index contributed by atoms with van der Waals surface area (Å²) in [5, 5.41) is 2.05. The summed E-state index contributed by atoms with van der Waals surface area (Å²) in [7, 11) is 0. The normalized spacial score (nSPS) is 15.5. The Morgan fingerprint density at radius 1 is 1.36 bits per heavy atom. The number of ether oxygens (including phenoxy) is 1. The van der Waals surface area contributed by atoms with Gasteiger partial charge in [-0.3, -0.25) is 0 Å². The van der Waals surface area contributed by atoms with Gasteiger partial charge in [0.15, 0.2) is 0 Å². The Labute approximate surface area is 96.8 Å². The number of hydrogen-bond acceptors (Lipinski definition) is 3. The molecule has 4 heteroatoms. The van der Waals surface area contributed by atoms with Crippen LogP contribution in [0.1, 0.15) is 28.4 Å². The number of aromatic nitrogens is 1. The van der Waals surface area contributed by atoms with Crippen molar-refractivity contribution in [1.82, 2.24) is 4.98 Å². The highest BCUT2D eigenvalue weighted by molar-refractivity contribution is 9.09. The Hall–Kier alpha value is 0.0700. The topological polar surface area (TPSA) is 22.1 Å². The minimum atomic E-state index is 0.684. The van der Waals surface area contributed by atoms with E-state index in [0.717, 1.165) is 16.9 Å². The molecule has 0 saturated carbocycles. The Kier molecular flexibility index (Phi) is 3.96. The van der Waals surface area contributed by atoms with Crippen LogP contribution in [-0.2, 0) is 24.2 Å². The van der Waals surface area contributed by atoms with Crippen LogP contribution in [-0.4, -0.2) is 16.9 Å². The van der Waals surface area contributed by atoms with Crippen LogP contribution < -0.4 is 0 Å². The van der Waals surface area contributed by atoms with E-state index in [9.17, 15) is 0 Å². The molecule has 0 atom stereocenters. The van der Waals surface area contributed by atoms with E-state index in [0.29, 0.717) is 6.61 Å². The maximum atomic E-state index is 5.45. The lowest BCUT2D eigenvalue weighted by atomic mass is 10.0. The third-order valence-electron chi connectivity index (χ3n) is 2.34.